The van der Waals surface area contributed by atoms with E-state index in [4.69, 9.17) is 0 Å². The molecule has 0 aliphatic carbocycles. The van der Waals surface area contributed by atoms with Crippen LogP contribution < -0.4 is 0 Å². The van der Waals surface area contributed by atoms with Gasteiger partial charge in [-0.15, -0.1) is 0 Å². The van der Waals surface area contributed by atoms with E-state index in [-0.39, 0.29) is 5.91 Å². The first-order chi connectivity index (χ1) is 11.1. The first-order valence-corrected chi connectivity index (χ1v) is 8.14. The first kappa shape index (κ1) is 15.7. The van der Waals surface area contributed by atoms with Gasteiger partial charge in [-0.2, -0.15) is 0 Å². The number of fused-ring (bicyclic) bond motifs is 1. The molecular weight excluding hydrogens is 356 g/mol. The van der Waals surface area contributed by atoms with Crippen LogP contribution in [-0.2, 0) is 6.42 Å². The van der Waals surface area contributed by atoms with E-state index in [0.29, 0.717) is 12.2 Å². The number of imidazole rings is 1. The number of hydrogen-bond acceptors (Lipinski definition) is 3. The summed E-state index contributed by atoms with van der Waals surface area (Å²) >= 11 is 3.44. The van der Waals surface area contributed by atoms with Gasteiger partial charge in [-0.3, -0.25) is 14.2 Å². The van der Waals surface area contributed by atoms with Crippen LogP contribution in [0, 0.1) is 6.92 Å². The molecule has 0 aliphatic rings. The Labute approximate surface area is 143 Å². The van der Waals surface area contributed by atoms with Gasteiger partial charge >= 0.3 is 0 Å². The van der Waals surface area contributed by atoms with Crippen molar-refractivity contribution < 1.29 is 4.79 Å². The molecule has 0 fully saturated rings. The molecular formula is C17H17BrN4O. The van der Waals surface area contributed by atoms with Crippen LogP contribution >= 0.6 is 15.9 Å². The highest BCUT2D eigenvalue weighted by Gasteiger charge is 2.20. The molecule has 0 aromatic carbocycles. The number of carbonyl (C=O) groups is 1. The van der Waals surface area contributed by atoms with E-state index in [1.807, 2.05) is 48.8 Å². The van der Waals surface area contributed by atoms with E-state index in [1.165, 1.54) is 0 Å². The van der Waals surface area contributed by atoms with E-state index in [1.54, 1.807) is 17.3 Å². The van der Waals surface area contributed by atoms with Crippen molar-refractivity contribution in [2.24, 2.45) is 0 Å². The van der Waals surface area contributed by atoms with Gasteiger partial charge in [0, 0.05) is 36.7 Å². The van der Waals surface area contributed by atoms with Crippen molar-refractivity contribution in [1.82, 2.24) is 19.3 Å². The summed E-state index contributed by atoms with van der Waals surface area (Å²) in [5, 5.41) is 0. The fraction of sp³-hybridized carbons (Fsp3) is 0.235. The van der Waals surface area contributed by atoms with Gasteiger partial charge in [-0.1, -0.05) is 0 Å². The highest BCUT2D eigenvalue weighted by atomic mass is 79.9. The number of pyridine rings is 2. The van der Waals surface area contributed by atoms with Crippen molar-refractivity contribution >= 4 is 27.5 Å². The van der Waals surface area contributed by atoms with Gasteiger partial charge in [-0.25, -0.2) is 4.98 Å². The second-order valence-corrected chi connectivity index (χ2v) is 6.37. The van der Waals surface area contributed by atoms with Crippen LogP contribution in [0.1, 0.15) is 21.7 Å². The minimum absolute atomic E-state index is 0.0258. The second-order valence-electron chi connectivity index (χ2n) is 5.45. The van der Waals surface area contributed by atoms with Crippen molar-refractivity contribution in [3.8, 4) is 0 Å². The van der Waals surface area contributed by atoms with Crippen LogP contribution in [0.5, 0.6) is 0 Å². The predicted molar refractivity (Wildman–Crippen MR) is 92.5 cm³/mol. The Bertz CT molecular complexity index is 844. The fourth-order valence-corrected chi connectivity index (χ4v) is 2.86. The molecule has 6 heteroatoms. The van der Waals surface area contributed by atoms with Gasteiger partial charge in [-0.05, 0) is 59.1 Å². The van der Waals surface area contributed by atoms with E-state index in [9.17, 15) is 4.79 Å². The molecule has 3 heterocycles. The van der Waals surface area contributed by atoms with Crippen molar-refractivity contribution in [1.29, 1.82) is 0 Å². The van der Waals surface area contributed by atoms with Crippen LogP contribution in [0.3, 0.4) is 0 Å². The molecule has 0 N–H and O–H groups in total. The van der Waals surface area contributed by atoms with Gasteiger partial charge in [0.25, 0.3) is 5.91 Å². The zero-order valence-electron chi connectivity index (χ0n) is 13.0. The quantitative estimate of drug-likeness (QED) is 0.706. The lowest BCUT2D eigenvalue weighted by Gasteiger charge is -2.17. The zero-order chi connectivity index (χ0) is 16.4. The minimum atomic E-state index is -0.0258. The maximum atomic E-state index is 12.8. The number of hydrogen-bond donors (Lipinski definition) is 0. The van der Waals surface area contributed by atoms with Crippen molar-refractivity contribution in [3.63, 3.8) is 0 Å². The topological polar surface area (TPSA) is 50.5 Å². The van der Waals surface area contributed by atoms with Crippen LogP contribution in [0.25, 0.3) is 5.65 Å². The number of carbonyl (C=O) groups excluding carboxylic acids is 1. The molecule has 0 atom stereocenters. The highest BCUT2D eigenvalue weighted by molar-refractivity contribution is 9.10. The van der Waals surface area contributed by atoms with Crippen molar-refractivity contribution in [2.45, 2.75) is 13.3 Å². The lowest BCUT2D eigenvalue weighted by atomic mass is 10.2. The van der Waals surface area contributed by atoms with Crippen molar-refractivity contribution in [2.75, 3.05) is 13.6 Å². The van der Waals surface area contributed by atoms with Crippen LogP contribution in [0.2, 0.25) is 0 Å². The second kappa shape index (κ2) is 6.50. The number of amides is 1. The molecule has 3 aromatic heterocycles. The first-order valence-electron chi connectivity index (χ1n) is 7.35. The Hall–Kier alpha value is -2.21. The predicted octanol–water partition coefficient (Wildman–Crippen LogP) is 3.11. The molecule has 5 nitrogen and oxygen atoms in total. The van der Waals surface area contributed by atoms with Gasteiger partial charge in [0.2, 0.25) is 0 Å². The average molecular weight is 373 g/mol. The summed E-state index contributed by atoms with van der Waals surface area (Å²) < 4.78 is 2.75. The average Bonchev–Trinajstić information content (AvgIpc) is 2.88. The van der Waals surface area contributed by atoms with E-state index >= 15 is 0 Å². The Morgan fingerprint density at radius 3 is 2.74 bits per heavy atom. The molecule has 118 valence electrons. The molecule has 0 bridgehead atoms. The third-order valence-corrected chi connectivity index (χ3v) is 4.26. The molecule has 0 unspecified atom stereocenters. The molecule has 3 rings (SSSR count). The maximum absolute atomic E-state index is 12.8. The Morgan fingerprint density at radius 1 is 1.26 bits per heavy atom. The van der Waals surface area contributed by atoms with Crippen LogP contribution in [-0.4, -0.2) is 38.8 Å². The van der Waals surface area contributed by atoms with Gasteiger partial charge in [0.15, 0.2) is 0 Å². The van der Waals surface area contributed by atoms with Gasteiger partial charge in [0.05, 0.1) is 5.69 Å². The lowest BCUT2D eigenvalue weighted by Crippen LogP contribution is -2.30. The van der Waals surface area contributed by atoms with Gasteiger partial charge < -0.3 is 4.90 Å². The smallest absolute Gasteiger partial charge is 0.272 e. The summed E-state index contributed by atoms with van der Waals surface area (Å²) in [5.41, 5.74) is 3.29. The molecule has 23 heavy (non-hydrogen) atoms. The summed E-state index contributed by atoms with van der Waals surface area (Å²) in [4.78, 5) is 23.0. The number of likely N-dealkylation sites (N-methyl/N-ethyl adjacent to an activating group) is 1. The summed E-state index contributed by atoms with van der Waals surface area (Å²) in [7, 11) is 1.82. The Kier molecular flexibility index (Phi) is 4.43. The zero-order valence-corrected chi connectivity index (χ0v) is 14.6. The molecule has 0 spiro atoms. The van der Waals surface area contributed by atoms with E-state index < -0.39 is 0 Å². The van der Waals surface area contributed by atoms with Gasteiger partial charge in [0.1, 0.15) is 11.3 Å². The molecule has 1 amide bonds. The summed E-state index contributed by atoms with van der Waals surface area (Å²) in [6, 6.07) is 7.75. The van der Waals surface area contributed by atoms with E-state index in [0.717, 1.165) is 27.8 Å². The number of aromatic nitrogens is 3. The molecule has 0 saturated heterocycles. The van der Waals surface area contributed by atoms with E-state index in [2.05, 4.69) is 25.9 Å². The monoisotopic (exact) mass is 372 g/mol. The number of nitrogens with zero attached hydrogens (tertiary/aromatic N) is 4. The minimum Gasteiger partial charge on any atom is -0.340 e. The number of aryl methyl sites for hydroxylation is 1. The van der Waals surface area contributed by atoms with Crippen molar-refractivity contribution in [3.05, 3.63) is 64.3 Å². The number of halogens is 1. The standard InChI is InChI=1S/C17H17BrN4O/c1-12-16(22-11-14(18)3-4-15(22)20-12)17(23)21(2)10-7-13-5-8-19-9-6-13/h3-6,8-9,11H,7,10H2,1-2H3. The normalized spacial score (nSPS) is 10.9. The van der Waals surface area contributed by atoms with Crippen LogP contribution in [0.15, 0.2) is 47.3 Å². The highest BCUT2D eigenvalue weighted by Crippen LogP contribution is 2.18. The fourth-order valence-electron chi connectivity index (χ4n) is 2.52. The Morgan fingerprint density at radius 2 is 2.00 bits per heavy atom. The third-order valence-electron chi connectivity index (χ3n) is 3.79. The molecule has 0 aliphatic heterocycles. The largest absolute Gasteiger partial charge is 0.340 e. The Balaban J connectivity index is 1.82. The third kappa shape index (κ3) is 3.27. The lowest BCUT2D eigenvalue weighted by molar-refractivity contribution is 0.0789. The molecule has 3 aromatic rings. The number of rotatable bonds is 4. The van der Waals surface area contributed by atoms with Crippen LogP contribution in [0.4, 0.5) is 0 Å². The SMILES string of the molecule is Cc1nc2ccc(Br)cn2c1C(=O)N(C)CCc1ccncc1. The summed E-state index contributed by atoms with van der Waals surface area (Å²) in [5.74, 6) is -0.0258. The summed E-state index contributed by atoms with van der Waals surface area (Å²) in [6.45, 7) is 2.51. The molecule has 0 saturated carbocycles. The summed E-state index contributed by atoms with van der Waals surface area (Å²) in [6.07, 6.45) is 6.20. The molecule has 0 radical (unpaired) electrons. The maximum Gasteiger partial charge on any atom is 0.272 e.